The average molecular weight is 267 g/mol. The second-order valence-corrected chi connectivity index (χ2v) is 5.01. The number of hydrogen-bond donors (Lipinski definition) is 2. The Labute approximate surface area is 112 Å². The van der Waals surface area contributed by atoms with E-state index < -0.39 is 5.54 Å². The van der Waals surface area contributed by atoms with Crippen LogP contribution in [0.5, 0.6) is 0 Å². The molecule has 0 aliphatic rings. The summed E-state index contributed by atoms with van der Waals surface area (Å²) in [7, 11) is 1.59. The van der Waals surface area contributed by atoms with E-state index in [2.05, 4.69) is 10.3 Å². The molecule has 0 aliphatic carbocycles. The van der Waals surface area contributed by atoms with Crippen molar-refractivity contribution in [1.29, 1.82) is 0 Å². The first kappa shape index (κ1) is 14.5. The highest BCUT2D eigenvalue weighted by Gasteiger charge is 2.21. The summed E-state index contributed by atoms with van der Waals surface area (Å²) in [5.41, 5.74) is 5.96. The zero-order valence-electron chi connectivity index (χ0n) is 10.7. The minimum Gasteiger partial charge on any atom is -0.389 e. The van der Waals surface area contributed by atoms with Gasteiger partial charge in [0.2, 0.25) is 0 Å². The van der Waals surface area contributed by atoms with E-state index >= 15 is 0 Å². The van der Waals surface area contributed by atoms with E-state index in [-0.39, 0.29) is 10.9 Å². The summed E-state index contributed by atoms with van der Waals surface area (Å²) in [5.74, 6) is -0.258. The largest absolute Gasteiger partial charge is 0.389 e. The van der Waals surface area contributed by atoms with Crippen molar-refractivity contribution in [3.8, 4) is 0 Å². The van der Waals surface area contributed by atoms with Gasteiger partial charge in [0.1, 0.15) is 10.7 Å². The molecule has 5 nitrogen and oxygen atoms in total. The Morgan fingerprint density at radius 3 is 2.67 bits per heavy atom. The molecule has 1 aromatic heterocycles. The van der Waals surface area contributed by atoms with Gasteiger partial charge in [-0.2, -0.15) is 0 Å². The van der Waals surface area contributed by atoms with Crippen LogP contribution in [-0.2, 0) is 4.74 Å². The van der Waals surface area contributed by atoms with E-state index in [1.165, 1.54) is 6.20 Å². The number of nitrogens with zero attached hydrogens (tertiary/aromatic N) is 1. The number of amides is 1. The highest BCUT2D eigenvalue weighted by atomic mass is 32.1. The number of pyridine rings is 1. The first-order chi connectivity index (χ1) is 8.35. The molecule has 1 heterocycles. The lowest BCUT2D eigenvalue weighted by molar-refractivity contribution is 0.0815. The van der Waals surface area contributed by atoms with Gasteiger partial charge in [-0.3, -0.25) is 9.78 Å². The number of carbonyl (C=O) groups excluding carboxylic acids is 1. The SMILES string of the molecule is COCC(C)(C)NC(=O)c1ccc(C(N)=S)cn1. The first-order valence-corrected chi connectivity index (χ1v) is 5.84. The van der Waals surface area contributed by atoms with Gasteiger partial charge in [-0.05, 0) is 26.0 Å². The van der Waals surface area contributed by atoms with Crippen LogP contribution in [0.1, 0.15) is 29.9 Å². The smallest absolute Gasteiger partial charge is 0.270 e. The van der Waals surface area contributed by atoms with E-state index in [1.54, 1.807) is 19.2 Å². The summed E-state index contributed by atoms with van der Waals surface area (Å²) in [4.78, 5) is 16.2. The third kappa shape index (κ3) is 4.05. The van der Waals surface area contributed by atoms with Gasteiger partial charge in [0.25, 0.3) is 5.91 Å². The number of ether oxygens (including phenoxy) is 1. The molecule has 0 radical (unpaired) electrons. The number of hydrogen-bond acceptors (Lipinski definition) is 4. The molecule has 0 spiro atoms. The monoisotopic (exact) mass is 267 g/mol. The van der Waals surface area contributed by atoms with Gasteiger partial charge in [0.15, 0.2) is 0 Å². The maximum Gasteiger partial charge on any atom is 0.270 e. The van der Waals surface area contributed by atoms with Crippen molar-refractivity contribution >= 4 is 23.1 Å². The Morgan fingerprint density at radius 2 is 2.22 bits per heavy atom. The molecule has 0 atom stereocenters. The van der Waals surface area contributed by atoms with Crippen molar-refractivity contribution in [2.75, 3.05) is 13.7 Å². The lowest BCUT2D eigenvalue weighted by atomic mass is 10.1. The summed E-state index contributed by atoms with van der Waals surface area (Å²) in [6, 6.07) is 3.26. The minimum atomic E-state index is -0.449. The molecule has 0 aliphatic heterocycles. The number of rotatable bonds is 5. The molecule has 6 heteroatoms. The molecule has 3 N–H and O–H groups in total. The van der Waals surface area contributed by atoms with Crippen molar-refractivity contribution in [3.05, 3.63) is 29.6 Å². The third-order valence-electron chi connectivity index (χ3n) is 2.24. The van der Waals surface area contributed by atoms with Gasteiger partial charge < -0.3 is 15.8 Å². The highest BCUT2D eigenvalue weighted by molar-refractivity contribution is 7.80. The summed E-state index contributed by atoms with van der Waals surface area (Å²) < 4.78 is 5.03. The fourth-order valence-corrected chi connectivity index (χ4v) is 1.56. The number of nitrogens with one attached hydrogen (secondary N) is 1. The van der Waals surface area contributed by atoms with Crippen molar-refractivity contribution < 1.29 is 9.53 Å². The van der Waals surface area contributed by atoms with E-state index in [1.807, 2.05) is 13.8 Å². The molecule has 98 valence electrons. The van der Waals surface area contributed by atoms with Crippen LogP contribution in [0, 0.1) is 0 Å². The lowest BCUT2D eigenvalue weighted by Crippen LogP contribution is -2.47. The van der Waals surface area contributed by atoms with Crippen LogP contribution >= 0.6 is 12.2 Å². The first-order valence-electron chi connectivity index (χ1n) is 5.43. The Hall–Kier alpha value is -1.53. The summed E-state index contributed by atoms with van der Waals surface area (Å²) in [6.45, 7) is 4.17. The minimum absolute atomic E-state index is 0.258. The van der Waals surface area contributed by atoms with Gasteiger partial charge >= 0.3 is 0 Å². The van der Waals surface area contributed by atoms with Crippen LogP contribution in [0.15, 0.2) is 18.3 Å². The molecule has 0 saturated heterocycles. The molecule has 1 rings (SSSR count). The molecule has 0 unspecified atom stereocenters. The molecular weight excluding hydrogens is 250 g/mol. The maximum absolute atomic E-state index is 11.9. The van der Waals surface area contributed by atoms with E-state index in [9.17, 15) is 4.79 Å². The molecule has 1 amide bonds. The van der Waals surface area contributed by atoms with E-state index in [0.717, 1.165) is 0 Å². The van der Waals surface area contributed by atoms with Crippen molar-refractivity contribution in [1.82, 2.24) is 10.3 Å². The van der Waals surface area contributed by atoms with Gasteiger partial charge in [0, 0.05) is 18.9 Å². The zero-order chi connectivity index (χ0) is 13.8. The second-order valence-electron chi connectivity index (χ2n) is 4.57. The molecular formula is C12H17N3O2S. The molecule has 0 bridgehead atoms. The molecule has 0 aromatic carbocycles. The summed E-state index contributed by atoms with van der Waals surface area (Å²) >= 11 is 4.81. The fourth-order valence-electron chi connectivity index (χ4n) is 1.44. The number of aromatic nitrogens is 1. The standard InChI is InChI=1S/C12H17N3O2S/c1-12(2,7-17-3)15-11(16)9-5-4-8(6-14-9)10(13)18/h4-6H,7H2,1-3H3,(H2,13,18)(H,15,16). The Morgan fingerprint density at radius 1 is 1.56 bits per heavy atom. The molecule has 0 fully saturated rings. The van der Waals surface area contributed by atoms with Crippen molar-refractivity contribution in [2.24, 2.45) is 5.73 Å². The Kier molecular flexibility index (Phi) is 4.75. The van der Waals surface area contributed by atoms with Crippen LogP contribution < -0.4 is 11.1 Å². The van der Waals surface area contributed by atoms with Gasteiger partial charge in [-0.25, -0.2) is 0 Å². The average Bonchev–Trinajstić information content (AvgIpc) is 2.28. The van der Waals surface area contributed by atoms with Crippen molar-refractivity contribution in [2.45, 2.75) is 19.4 Å². The van der Waals surface area contributed by atoms with E-state index in [4.69, 9.17) is 22.7 Å². The predicted octanol–water partition coefficient (Wildman–Crippen LogP) is 0.871. The number of thiocarbonyl (C=S) groups is 1. The maximum atomic E-state index is 11.9. The quantitative estimate of drug-likeness (QED) is 0.774. The van der Waals surface area contributed by atoms with Gasteiger partial charge in [-0.1, -0.05) is 12.2 Å². The number of methoxy groups -OCH3 is 1. The normalized spacial score (nSPS) is 11.1. The van der Waals surface area contributed by atoms with Crippen LogP contribution in [0.3, 0.4) is 0 Å². The number of carbonyl (C=O) groups is 1. The Balaban J connectivity index is 2.76. The molecule has 18 heavy (non-hydrogen) atoms. The summed E-state index contributed by atoms with van der Waals surface area (Å²) in [5, 5.41) is 2.83. The second kappa shape index (κ2) is 5.88. The molecule has 1 aromatic rings. The third-order valence-corrected chi connectivity index (χ3v) is 2.47. The molecule has 0 saturated carbocycles. The van der Waals surface area contributed by atoms with Crippen LogP contribution in [-0.4, -0.2) is 35.1 Å². The highest BCUT2D eigenvalue weighted by Crippen LogP contribution is 2.06. The van der Waals surface area contributed by atoms with Crippen LogP contribution in [0.4, 0.5) is 0 Å². The van der Waals surface area contributed by atoms with E-state index in [0.29, 0.717) is 17.9 Å². The van der Waals surface area contributed by atoms with Crippen LogP contribution in [0.2, 0.25) is 0 Å². The summed E-state index contributed by atoms with van der Waals surface area (Å²) in [6.07, 6.45) is 1.49. The zero-order valence-corrected chi connectivity index (χ0v) is 11.5. The van der Waals surface area contributed by atoms with Gasteiger partial charge in [-0.15, -0.1) is 0 Å². The number of nitrogens with two attached hydrogens (primary N) is 1. The fraction of sp³-hybridized carbons (Fsp3) is 0.417. The Bertz CT molecular complexity index is 443. The van der Waals surface area contributed by atoms with Crippen LogP contribution in [0.25, 0.3) is 0 Å². The lowest BCUT2D eigenvalue weighted by Gasteiger charge is -2.24. The van der Waals surface area contributed by atoms with Gasteiger partial charge in [0.05, 0.1) is 12.1 Å². The van der Waals surface area contributed by atoms with Crippen molar-refractivity contribution in [3.63, 3.8) is 0 Å². The topological polar surface area (TPSA) is 77.2 Å². The predicted molar refractivity (Wildman–Crippen MR) is 73.5 cm³/mol.